The molecule has 2 rings (SSSR count). The van der Waals surface area contributed by atoms with Crippen molar-refractivity contribution in [2.45, 2.75) is 0 Å². The van der Waals surface area contributed by atoms with Crippen LogP contribution in [0.15, 0.2) is 30.5 Å². The molecule has 0 spiro atoms. The molecule has 1 aromatic carbocycles. The number of nitrogens with two attached hydrogens (primary N) is 1. The number of rotatable bonds is 1. The van der Waals surface area contributed by atoms with Gasteiger partial charge in [0.25, 0.3) is 0 Å². The molecule has 5 heteroatoms. The lowest BCUT2D eigenvalue weighted by Crippen LogP contribution is -2.03. The van der Waals surface area contributed by atoms with E-state index in [-0.39, 0.29) is 17.3 Å². The second kappa shape index (κ2) is 3.31. The summed E-state index contributed by atoms with van der Waals surface area (Å²) < 4.78 is 14.6. The van der Waals surface area contributed by atoms with E-state index in [4.69, 9.17) is 17.3 Å². The summed E-state index contributed by atoms with van der Waals surface area (Å²) in [4.78, 5) is 0. The summed E-state index contributed by atoms with van der Waals surface area (Å²) in [5.74, 6) is -0.157. The van der Waals surface area contributed by atoms with Crippen molar-refractivity contribution < 1.29 is 4.39 Å². The molecule has 1 heterocycles. The molecular formula is C9H7ClFN3. The highest BCUT2D eigenvalue weighted by Crippen LogP contribution is 2.22. The van der Waals surface area contributed by atoms with Gasteiger partial charge in [0.2, 0.25) is 0 Å². The molecule has 0 amide bonds. The Bertz CT molecular complexity index is 467. The molecule has 0 unspecified atom stereocenters. The number of para-hydroxylation sites is 1. The first-order valence-corrected chi connectivity index (χ1v) is 4.32. The van der Waals surface area contributed by atoms with Gasteiger partial charge < -0.3 is 5.73 Å². The van der Waals surface area contributed by atoms with Crippen molar-refractivity contribution in [3.63, 3.8) is 0 Å². The molecule has 3 nitrogen and oxygen atoms in total. The van der Waals surface area contributed by atoms with Crippen molar-refractivity contribution >= 4 is 17.4 Å². The van der Waals surface area contributed by atoms with Gasteiger partial charge in [-0.05, 0) is 12.1 Å². The van der Waals surface area contributed by atoms with Crippen LogP contribution in [0, 0.1) is 5.82 Å². The highest BCUT2D eigenvalue weighted by molar-refractivity contribution is 6.32. The number of hydrogen-bond donors (Lipinski definition) is 1. The zero-order chi connectivity index (χ0) is 10.1. The van der Waals surface area contributed by atoms with Crippen LogP contribution in [0.3, 0.4) is 0 Å². The van der Waals surface area contributed by atoms with Crippen molar-refractivity contribution in [1.29, 1.82) is 0 Å². The van der Waals surface area contributed by atoms with Crippen molar-refractivity contribution in [2.24, 2.45) is 0 Å². The minimum atomic E-state index is -0.390. The summed E-state index contributed by atoms with van der Waals surface area (Å²) in [7, 11) is 0. The Morgan fingerprint density at radius 1 is 1.36 bits per heavy atom. The van der Waals surface area contributed by atoms with Crippen LogP contribution >= 0.6 is 11.6 Å². The molecule has 2 aromatic rings. The van der Waals surface area contributed by atoms with Crippen LogP contribution in [-0.4, -0.2) is 9.78 Å². The third-order valence-corrected chi connectivity index (χ3v) is 2.13. The van der Waals surface area contributed by atoms with E-state index >= 15 is 0 Å². The number of nitrogens with zero attached hydrogens (tertiary/aromatic N) is 2. The van der Waals surface area contributed by atoms with Gasteiger partial charge in [-0.15, -0.1) is 0 Å². The van der Waals surface area contributed by atoms with Crippen molar-refractivity contribution in [3.8, 4) is 5.69 Å². The molecule has 0 aliphatic rings. The van der Waals surface area contributed by atoms with Gasteiger partial charge in [-0.25, -0.2) is 9.07 Å². The minimum absolute atomic E-state index is 0.233. The van der Waals surface area contributed by atoms with E-state index in [1.165, 1.54) is 16.9 Å². The quantitative estimate of drug-likeness (QED) is 0.786. The fraction of sp³-hybridized carbons (Fsp3) is 0. The lowest BCUT2D eigenvalue weighted by Gasteiger charge is -2.04. The van der Waals surface area contributed by atoms with Crippen molar-refractivity contribution in [1.82, 2.24) is 9.78 Å². The Kier molecular flexibility index (Phi) is 2.13. The lowest BCUT2D eigenvalue weighted by atomic mass is 10.3. The molecule has 0 saturated carbocycles. The average Bonchev–Trinajstić information content (AvgIpc) is 2.49. The van der Waals surface area contributed by atoms with Crippen LogP contribution in [0.5, 0.6) is 0 Å². The third-order valence-electron chi connectivity index (χ3n) is 1.84. The lowest BCUT2D eigenvalue weighted by molar-refractivity contribution is 0.612. The Hall–Kier alpha value is -1.55. The van der Waals surface area contributed by atoms with E-state index in [0.717, 1.165) is 0 Å². The molecule has 0 radical (unpaired) electrons. The molecule has 0 aliphatic carbocycles. The Morgan fingerprint density at radius 3 is 2.64 bits per heavy atom. The molecule has 0 bridgehead atoms. The number of hydrogen-bond acceptors (Lipinski definition) is 2. The maximum absolute atomic E-state index is 13.3. The summed E-state index contributed by atoms with van der Waals surface area (Å²) in [6.45, 7) is 0. The normalized spacial score (nSPS) is 10.4. The monoisotopic (exact) mass is 211 g/mol. The van der Waals surface area contributed by atoms with E-state index in [1.807, 2.05) is 0 Å². The SMILES string of the molecule is Nc1c(Cl)cnn1-c1ccccc1F. The molecule has 0 fully saturated rings. The zero-order valence-corrected chi connectivity index (χ0v) is 7.87. The maximum atomic E-state index is 13.3. The van der Waals surface area contributed by atoms with E-state index in [2.05, 4.69) is 5.10 Å². The van der Waals surface area contributed by atoms with E-state index in [1.54, 1.807) is 18.2 Å². The van der Waals surface area contributed by atoms with Gasteiger partial charge >= 0.3 is 0 Å². The molecule has 72 valence electrons. The summed E-state index contributed by atoms with van der Waals surface area (Å²) in [6.07, 6.45) is 1.38. The van der Waals surface area contributed by atoms with Gasteiger partial charge in [0, 0.05) is 0 Å². The fourth-order valence-corrected chi connectivity index (χ4v) is 1.28. The first kappa shape index (κ1) is 9.02. The van der Waals surface area contributed by atoms with Gasteiger partial charge in [0.1, 0.15) is 22.3 Å². The van der Waals surface area contributed by atoms with Gasteiger partial charge in [-0.1, -0.05) is 23.7 Å². The van der Waals surface area contributed by atoms with Gasteiger partial charge in [-0.2, -0.15) is 5.10 Å². The van der Waals surface area contributed by atoms with Gasteiger partial charge in [-0.3, -0.25) is 0 Å². The summed E-state index contributed by atoms with van der Waals surface area (Å²) in [6, 6.07) is 6.22. The highest BCUT2D eigenvalue weighted by Gasteiger charge is 2.09. The number of anilines is 1. The minimum Gasteiger partial charge on any atom is -0.382 e. The third kappa shape index (κ3) is 1.33. The molecule has 1 aromatic heterocycles. The number of benzene rings is 1. The fourth-order valence-electron chi connectivity index (χ4n) is 1.15. The largest absolute Gasteiger partial charge is 0.382 e. The van der Waals surface area contributed by atoms with Crippen LogP contribution in [0.4, 0.5) is 10.2 Å². The molecular weight excluding hydrogens is 205 g/mol. The van der Waals surface area contributed by atoms with Gasteiger partial charge in [0.05, 0.1) is 6.20 Å². The molecule has 0 aliphatic heterocycles. The Morgan fingerprint density at radius 2 is 2.07 bits per heavy atom. The molecule has 0 saturated heterocycles. The molecule has 14 heavy (non-hydrogen) atoms. The van der Waals surface area contributed by atoms with E-state index in [9.17, 15) is 4.39 Å². The molecule has 2 N–H and O–H groups in total. The highest BCUT2D eigenvalue weighted by atomic mass is 35.5. The maximum Gasteiger partial charge on any atom is 0.148 e. The topological polar surface area (TPSA) is 43.8 Å². The predicted molar refractivity (Wildman–Crippen MR) is 52.9 cm³/mol. The Balaban J connectivity index is 2.60. The number of nitrogen functional groups attached to an aromatic ring is 1. The van der Waals surface area contributed by atoms with Crippen molar-refractivity contribution in [2.75, 3.05) is 5.73 Å². The van der Waals surface area contributed by atoms with Crippen LogP contribution < -0.4 is 5.73 Å². The second-order valence-electron chi connectivity index (χ2n) is 2.74. The number of halogens is 2. The predicted octanol–water partition coefficient (Wildman–Crippen LogP) is 2.25. The zero-order valence-electron chi connectivity index (χ0n) is 7.11. The van der Waals surface area contributed by atoms with Crippen LogP contribution in [0.1, 0.15) is 0 Å². The molecule has 0 atom stereocenters. The van der Waals surface area contributed by atoms with Gasteiger partial charge in [0.15, 0.2) is 0 Å². The van der Waals surface area contributed by atoms with Crippen LogP contribution in [0.2, 0.25) is 5.02 Å². The Labute approximate surface area is 84.9 Å². The average molecular weight is 212 g/mol. The van der Waals surface area contributed by atoms with Crippen LogP contribution in [-0.2, 0) is 0 Å². The second-order valence-corrected chi connectivity index (χ2v) is 3.15. The van der Waals surface area contributed by atoms with Crippen molar-refractivity contribution in [3.05, 3.63) is 41.3 Å². The summed E-state index contributed by atoms with van der Waals surface area (Å²) in [5, 5.41) is 4.18. The standard InChI is InChI=1S/C9H7ClFN3/c10-6-5-13-14(9(6)12)8-4-2-1-3-7(8)11/h1-5H,12H2. The van der Waals surface area contributed by atoms with E-state index < -0.39 is 0 Å². The first-order valence-electron chi connectivity index (χ1n) is 3.94. The smallest absolute Gasteiger partial charge is 0.148 e. The first-order chi connectivity index (χ1) is 6.70. The number of aromatic nitrogens is 2. The van der Waals surface area contributed by atoms with E-state index in [0.29, 0.717) is 5.02 Å². The summed E-state index contributed by atoms with van der Waals surface area (Å²) >= 11 is 5.70. The summed E-state index contributed by atoms with van der Waals surface area (Å²) in [5.41, 5.74) is 5.89. The van der Waals surface area contributed by atoms with Crippen LogP contribution in [0.25, 0.3) is 5.69 Å².